The third-order valence-corrected chi connectivity index (χ3v) is 4.04. The van der Waals surface area contributed by atoms with E-state index in [1.54, 1.807) is 12.5 Å². The Morgan fingerprint density at radius 2 is 1.95 bits per heavy atom. The monoisotopic (exact) mass is 262 g/mol. The molecule has 3 heteroatoms. The van der Waals surface area contributed by atoms with Crippen molar-refractivity contribution in [1.29, 1.82) is 0 Å². The molecule has 2 aromatic heterocycles. The summed E-state index contributed by atoms with van der Waals surface area (Å²) in [6, 6.07) is 10.3. The number of hydrogen-bond donors (Lipinski definition) is 0. The highest BCUT2D eigenvalue weighted by Gasteiger charge is 2.37. The fraction of sp³-hybridized carbons (Fsp3) is 0.176. The molecule has 0 atom stereocenters. The Morgan fingerprint density at radius 1 is 1.10 bits per heavy atom. The lowest BCUT2D eigenvalue weighted by atomic mass is 9.85. The molecule has 0 amide bonds. The lowest BCUT2D eigenvalue weighted by Gasteiger charge is -2.19. The molecule has 2 heterocycles. The van der Waals surface area contributed by atoms with Gasteiger partial charge in [0, 0.05) is 16.5 Å². The number of nitrogens with zero attached hydrogens (tertiary/aromatic N) is 2. The van der Waals surface area contributed by atoms with Gasteiger partial charge in [0.15, 0.2) is 0 Å². The first-order valence-electron chi connectivity index (χ1n) is 6.68. The van der Waals surface area contributed by atoms with Gasteiger partial charge in [0.1, 0.15) is 0 Å². The zero-order valence-electron chi connectivity index (χ0n) is 11.4. The van der Waals surface area contributed by atoms with Gasteiger partial charge in [-0.3, -0.25) is 4.98 Å². The second kappa shape index (κ2) is 3.79. The van der Waals surface area contributed by atoms with Gasteiger partial charge in [-0.1, -0.05) is 38.1 Å². The molecule has 1 aliphatic carbocycles. The predicted octanol–water partition coefficient (Wildman–Crippen LogP) is 4.04. The third kappa shape index (κ3) is 1.40. The second-order valence-corrected chi connectivity index (χ2v) is 5.64. The van der Waals surface area contributed by atoms with Crippen molar-refractivity contribution in [3.05, 3.63) is 60.3 Å². The molecule has 0 N–H and O–H groups in total. The normalized spacial score (nSPS) is 14.9. The van der Waals surface area contributed by atoms with Crippen LogP contribution in [0.4, 0.5) is 0 Å². The van der Waals surface area contributed by atoms with Gasteiger partial charge in [0.05, 0.1) is 35.8 Å². The SMILES string of the molecule is CC1(C)c2ccccc2-c2ncc(-c3ccoc3)nc21. The molecule has 98 valence electrons. The van der Waals surface area contributed by atoms with Crippen molar-refractivity contribution in [1.82, 2.24) is 9.97 Å². The van der Waals surface area contributed by atoms with Crippen LogP contribution < -0.4 is 0 Å². The minimum absolute atomic E-state index is 0.112. The summed E-state index contributed by atoms with van der Waals surface area (Å²) < 4.78 is 5.13. The fourth-order valence-corrected chi connectivity index (χ4v) is 2.93. The summed E-state index contributed by atoms with van der Waals surface area (Å²) in [4.78, 5) is 9.49. The second-order valence-electron chi connectivity index (χ2n) is 5.64. The maximum Gasteiger partial charge on any atom is 0.0997 e. The Balaban J connectivity index is 1.97. The lowest BCUT2D eigenvalue weighted by molar-refractivity contribution is 0.568. The van der Waals surface area contributed by atoms with Crippen LogP contribution in [0, 0.1) is 0 Å². The molecule has 0 unspecified atom stereocenters. The minimum atomic E-state index is -0.112. The van der Waals surface area contributed by atoms with Crippen molar-refractivity contribution in [2.45, 2.75) is 19.3 Å². The Kier molecular flexibility index (Phi) is 2.16. The van der Waals surface area contributed by atoms with Crippen LogP contribution in [-0.4, -0.2) is 9.97 Å². The van der Waals surface area contributed by atoms with E-state index in [1.807, 2.05) is 12.3 Å². The zero-order chi connectivity index (χ0) is 13.7. The molecular weight excluding hydrogens is 248 g/mol. The largest absolute Gasteiger partial charge is 0.472 e. The van der Waals surface area contributed by atoms with Crippen molar-refractivity contribution >= 4 is 0 Å². The third-order valence-electron chi connectivity index (χ3n) is 4.04. The van der Waals surface area contributed by atoms with Crippen LogP contribution in [0.15, 0.2) is 53.5 Å². The van der Waals surface area contributed by atoms with Crippen molar-refractivity contribution in [2.75, 3.05) is 0 Å². The zero-order valence-corrected chi connectivity index (χ0v) is 11.4. The highest BCUT2D eigenvalue weighted by atomic mass is 16.3. The van der Waals surface area contributed by atoms with Gasteiger partial charge in [-0.15, -0.1) is 0 Å². The maximum absolute atomic E-state index is 5.13. The molecule has 0 aliphatic heterocycles. The van der Waals surface area contributed by atoms with Gasteiger partial charge < -0.3 is 4.42 Å². The Labute approximate surface area is 117 Å². The molecule has 0 radical (unpaired) electrons. The van der Waals surface area contributed by atoms with Crippen molar-refractivity contribution in [3.63, 3.8) is 0 Å². The van der Waals surface area contributed by atoms with Crippen LogP contribution in [0.3, 0.4) is 0 Å². The van der Waals surface area contributed by atoms with Gasteiger partial charge in [-0.2, -0.15) is 0 Å². The molecule has 0 fully saturated rings. The van der Waals surface area contributed by atoms with Crippen LogP contribution in [0.25, 0.3) is 22.5 Å². The molecule has 4 rings (SSSR count). The average molecular weight is 262 g/mol. The molecular formula is C17H14N2O. The molecule has 0 saturated heterocycles. The molecule has 3 aromatic rings. The van der Waals surface area contributed by atoms with Crippen molar-refractivity contribution in [2.24, 2.45) is 0 Å². The van der Waals surface area contributed by atoms with E-state index in [2.05, 4.69) is 43.1 Å². The quantitative estimate of drug-likeness (QED) is 0.664. The number of hydrogen-bond acceptors (Lipinski definition) is 3. The first-order valence-corrected chi connectivity index (χ1v) is 6.68. The summed E-state index contributed by atoms with van der Waals surface area (Å²) in [6.07, 6.45) is 5.18. The van der Waals surface area contributed by atoms with Crippen LogP contribution in [-0.2, 0) is 5.41 Å². The van der Waals surface area contributed by atoms with Crippen LogP contribution >= 0.6 is 0 Å². The van der Waals surface area contributed by atoms with Crippen molar-refractivity contribution < 1.29 is 4.42 Å². The summed E-state index contributed by atoms with van der Waals surface area (Å²) in [5.41, 5.74) is 6.23. The van der Waals surface area contributed by atoms with Gasteiger partial charge in [0.2, 0.25) is 0 Å². The molecule has 0 spiro atoms. The Morgan fingerprint density at radius 3 is 2.75 bits per heavy atom. The first-order chi connectivity index (χ1) is 9.68. The summed E-state index contributed by atoms with van der Waals surface area (Å²) in [5.74, 6) is 0. The van der Waals surface area contributed by atoms with Gasteiger partial charge in [-0.05, 0) is 11.6 Å². The van der Waals surface area contributed by atoms with E-state index in [-0.39, 0.29) is 5.41 Å². The number of aromatic nitrogens is 2. The molecule has 1 aromatic carbocycles. The average Bonchev–Trinajstić information content (AvgIpc) is 3.07. The summed E-state index contributed by atoms with van der Waals surface area (Å²) in [6.45, 7) is 4.40. The Hall–Kier alpha value is -2.42. The van der Waals surface area contributed by atoms with Crippen LogP contribution in [0.2, 0.25) is 0 Å². The van der Waals surface area contributed by atoms with Crippen LogP contribution in [0.1, 0.15) is 25.1 Å². The summed E-state index contributed by atoms with van der Waals surface area (Å²) >= 11 is 0. The molecule has 0 saturated carbocycles. The van der Waals surface area contributed by atoms with E-state index < -0.39 is 0 Å². The van der Waals surface area contributed by atoms with Gasteiger partial charge in [-0.25, -0.2) is 4.98 Å². The first kappa shape index (κ1) is 11.4. The fourth-order valence-electron chi connectivity index (χ4n) is 2.93. The predicted molar refractivity (Wildman–Crippen MR) is 77.3 cm³/mol. The van der Waals surface area contributed by atoms with Gasteiger partial charge in [0.25, 0.3) is 0 Å². The lowest BCUT2D eigenvalue weighted by Crippen LogP contribution is -2.17. The topological polar surface area (TPSA) is 38.9 Å². The van der Waals surface area contributed by atoms with E-state index in [0.29, 0.717) is 0 Å². The number of rotatable bonds is 1. The number of fused-ring (bicyclic) bond motifs is 3. The Bertz CT molecular complexity index is 789. The van der Waals surface area contributed by atoms with Crippen molar-refractivity contribution in [3.8, 4) is 22.5 Å². The van der Waals surface area contributed by atoms with E-state index in [4.69, 9.17) is 9.40 Å². The van der Waals surface area contributed by atoms with E-state index in [0.717, 1.165) is 22.6 Å². The maximum atomic E-state index is 5.13. The highest BCUT2D eigenvalue weighted by Crippen LogP contribution is 2.46. The molecule has 1 aliphatic rings. The highest BCUT2D eigenvalue weighted by molar-refractivity contribution is 5.77. The van der Waals surface area contributed by atoms with Crippen LogP contribution in [0.5, 0.6) is 0 Å². The van der Waals surface area contributed by atoms with E-state index in [9.17, 15) is 0 Å². The van der Waals surface area contributed by atoms with E-state index in [1.165, 1.54) is 11.1 Å². The summed E-state index contributed by atoms with van der Waals surface area (Å²) in [5, 5.41) is 0. The van der Waals surface area contributed by atoms with Gasteiger partial charge >= 0.3 is 0 Å². The van der Waals surface area contributed by atoms with E-state index >= 15 is 0 Å². The number of furan rings is 1. The number of benzene rings is 1. The minimum Gasteiger partial charge on any atom is -0.472 e. The summed E-state index contributed by atoms with van der Waals surface area (Å²) in [7, 11) is 0. The molecule has 0 bridgehead atoms. The molecule has 3 nitrogen and oxygen atoms in total. The smallest absolute Gasteiger partial charge is 0.0997 e. The molecule has 20 heavy (non-hydrogen) atoms. The standard InChI is InChI=1S/C17H14N2O/c1-17(2)13-6-4-3-5-12(13)15-16(17)19-14(9-18-15)11-7-8-20-10-11/h3-10H,1-2H3.